The van der Waals surface area contributed by atoms with Crippen molar-refractivity contribution in [3.05, 3.63) is 0 Å². The van der Waals surface area contributed by atoms with Gasteiger partial charge in [-0.3, -0.25) is 4.79 Å². The van der Waals surface area contributed by atoms with Crippen LogP contribution in [0.2, 0.25) is 0 Å². The molecule has 0 aliphatic heterocycles. The zero-order chi connectivity index (χ0) is 19.2. The number of fused-ring (bicyclic) bond motifs is 5. The van der Waals surface area contributed by atoms with E-state index < -0.39 is 0 Å². The number of hydrogen-bond donors (Lipinski definition) is 0. The fraction of sp³-hybridized carbons (Fsp3) is 0.960. The molecule has 4 rings (SSSR count). The molecule has 4 saturated carbocycles. The van der Waals surface area contributed by atoms with Gasteiger partial charge in [-0.25, -0.2) is 0 Å². The number of carbonyl (C=O) groups excluding carboxylic acids is 1. The van der Waals surface area contributed by atoms with Crippen molar-refractivity contribution in [2.45, 2.75) is 97.8 Å². The molecule has 0 N–H and O–H groups in total. The van der Waals surface area contributed by atoms with E-state index in [1.807, 2.05) is 0 Å². The topological polar surface area (TPSA) is 26.3 Å². The van der Waals surface area contributed by atoms with Gasteiger partial charge in [0.15, 0.2) is 0 Å². The molecule has 8 atom stereocenters. The van der Waals surface area contributed by atoms with Crippen LogP contribution in [0.1, 0.15) is 97.8 Å². The van der Waals surface area contributed by atoms with Gasteiger partial charge in [0.1, 0.15) is 0 Å². The molecule has 0 saturated heterocycles. The Balaban J connectivity index is 1.49. The largest absolute Gasteiger partial charge is 0.469 e. The minimum absolute atomic E-state index is 0.0335. The summed E-state index contributed by atoms with van der Waals surface area (Å²) in [4.78, 5) is 11.6. The molecule has 0 aromatic heterocycles. The van der Waals surface area contributed by atoms with Crippen molar-refractivity contribution < 1.29 is 9.53 Å². The Morgan fingerprint density at radius 3 is 2.52 bits per heavy atom. The van der Waals surface area contributed by atoms with E-state index in [4.69, 9.17) is 4.74 Å². The highest BCUT2D eigenvalue weighted by atomic mass is 16.5. The quantitative estimate of drug-likeness (QED) is 0.517. The SMILES string of the molecule is COC(=O)CC[C@@H](C)[C@H]1CCC2C3CC[C@@H]4CCCC[C@]4(C)C3CC[C@@]21C. The Hall–Kier alpha value is -0.530. The van der Waals surface area contributed by atoms with Crippen molar-refractivity contribution in [3.8, 4) is 0 Å². The van der Waals surface area contributed by atoms with Crippen LogP contribution in [0.3, 0.4) is 0 Å². The van der Waals surface area contributed by atoms with E-state index in [1.165, 1.54) is 71.3 Å². The van der Waals surface area contributed by atoms with Crippen molar-refractivity contribution >= 4 is 5.97 Å². The van der Waals surface area contributed by atoms with Crippen molar-refractivity contribution in [3.63, 3.8) is 0 Å². The lowest BCUT2D eigenvalue weighted by atomic mass is 9.44. The first-order chi connectivity index (χ1) is 12.9. The van der Waals surface area contributed by atoms with Gasteiger partial charge in [0.25, 0.3) is 0 Å². The van der Waals surface area contributed by atoms with Crippen LogP contribution in [0.5, 0.6) is 0 Å². The Morgan fingerprint density at radius 1 is 0.963 bits per heavy atom. The smallest absolute Gasteiger partial charge is 0.305 e. The normalized spacial score (nSPS) is 47.5. The third kappa shape index (κ3) is 3.18. The van der Waals surface area contributed by atoms with Gasteiger partial charge in [-0.15, -0.1) is 0 Å². The summed E-state index contributed by atoms with van der Waals surface area (Å²) >= 11 is 0. The zero-order valence-electron chi connectivity index (χ0n) is 18.3. The van der Waals surface area contributed by atoms with Crippen molar-refractivity contribution in [1.82, 2.24) is 0 Å². The monoisotopic (exact) mass is 374 g/mol. The fourth-order valence-corrected chi connectivity index (χ4v) is 8.92. The molecule has 4 aliphatic rings. The van der Waals surface area contributed by atoms with Crippen molar-refractivity contribution in [2.75, 3.05) is 7.11 Å². The summed E-state index contributed by atoms with van der Waals surface area (Å²) in [6, 6.07) is 0. The maximum absolute atomic E-state index is 11.6. The van der Waals surface area contributed by atoms with Crippen LogP contribution < -0.4 is 0 Å². The van der Waals surface area contributed by atoms with Crippen LogP contribution in [-0.4, -0.2) is 13.1 Å². The van der Waals surface area contributed by atoms with Crippen molar-refractivity contribution in [2.24, 2.45) is 46.3 Å². The van der Waals surface area contributed by atoms with E-state index in [1.54, 1.807) is 0 Å². The van der Waals surface area contributed by atoms with Crippen LogP contribution in [0, 0.1) is 46.3 Å². The van der Waals surface area contributed by atoms with E-state index in [0.717, 1.165) is 36.0 Å². The van der Waals surface area contributed by atoms with Gasteiger partial charge in [0.2, 0.25) is 0 Å². The van der Waals surface area contributed by atoms with Gasteiger partial charge in [-0.05, 0) is 104 Å². The molecular weight excluding hydrogens is 332 g/mol. The van der Waals surface area contributed by atoms with E-state index in [0.29, 0.717) is 23.2 Å². The van der Waals surface area contributed by atoms with E-state index in [2.05, 4.69) is 20.8 Å². The molecule has 0 heterocycles. The first-order valence-electron chi connectivity index (χ1n) is 12.0. The highest BCUT2D eigenvalue weighted by Gasteiger charge is 2.60. The lowest BCUT2D eigenvalue weighted by Gasteiger charge is -2.61. The molecule has 27 heavy (non-hydrogen) atoms. The van der Waals surface area contributed by atoms with Gasteiger partial charge in [0.05, 0.1) is 7.11 Å². The number of esters is 1. The number of rotatable bonds is 4. The lowest BCUT2D eigenvalue weighted by Crippen LogP contribution is -2.53. The second-order valence-corrected chi connectivity index (χ2v) is 11.2. The molecule has 2 heteroatoms. The molecule has 3 unspecified atom stereocenters. The Labute approximate surface area is 167 Å². The summed E-state index contributed by atoms with van der Waals surface area (Å²) in [5.41, 5.74) is 1.17. The van der Waals surface area contributed by atoms with E-state index >= 15 is 0 Å². The molecule has 0 aromatic carbocycles. The van der Waals surface area contributed by atoms with Crippen LogP contribution in [0.4, 0.5) is 0 Å². The summed E-state index contributed by atoms with van der Waals surface area (Å²) in [6.45, 7) is 7.73. The minimum atomic E-state index is -0.0335. The fourth-order valence-electron chi connectivity index (χ4n) is 8.92. The van der Waals surface area contributed by atoms with Crippen LogP contribution in [-0.2, 0) is 9.53 Å². The standard InChI is InChI=1S/C25H42O2/c1-17(8-13-23(26)27-4)20-11-12-21-19-10-9-18-7-5-6-15-24(18,2)22(19)14-16-25(20,21)3/h17-22H,5-16H2,1-4H3/t17-,18+,19?,20-,21?,22?,24+,25-/m1/s1. The predicted octanol–water partition coefficient (Wildman–Crippen LogP) is 6.62. The molecule has 0 bridgehead atoms. The highest BCUT2D eigenvalue weighted by molar-refractivity contribution is 5.69. The predicted molar refractivity (Wildman–Crippen MR) is 110 cm³/mol. The number of carbonyl (C=O) groups is 1. The summed E-state index contributed by atoms with van der Waals surface area (Å²) in [6.07, 6.45) is 16.4. The minimum Gasteiger partial charge on any atom is -0.469 e. The average molecular weight is 375 g/mol. The summed E-state index contributed by atoms with van der Waals surface area (Å²) in [5.74, 6) is 5.38. The van der Waals surface area contributed by atoms with E-state index in [-0.39, 0.29) is 5.97 Å². The molecule has 154 valence electrons. The van der Waals surface area contributed by atoms with Gasteiger partial charge < -0.3 is 4.74 Å². The molecule has 4 fully saturated rings. The van der Waals surface area contributed by atoms with E-state index in [9.17, 15) is 4.79 Å². The third-order valence-electron chi connectivity index (χ3n) is 10.4. The van der Waals surface area contributed by atoms with Crippen LogP contribution >= 0.6 is 0 Å². The van der Waals surface area contributed by atoms with Gasteiger partial charge >= 0.3 is 5.97 Å². The zero-order valence-corrected chi connectivity index (χ0v) is 18.3. The molecular formula is C25H42O2. The Kier molecular flexibility index (Phi) is 5.40. The second kappa shape index (κ2) is 7.38. The lowest BCUT2D eigenvalue weighted by molar-refractivity contribution is -0.141. The second-order valence-electron chi connectivity index (χ2n) is 11.2. The first kappa shape index (κ1) is 19.8. The average Bonchev–Trinajstić information content (AvgIpc) is 3.02. The third-order valence-corrected chi connectivity index (χ3v) is 10.4. The molecule has 0 spiro atoms. The summed E-state index contributed by atoms with van der Waals surface area (Å²) < 4.78 is 4.89. The maximum atomic E-state index is 11.6. The molecule has 4 aliphatic carbocycles. The Bertz CT molecular complexity index is 557. The summed E-state index contributed by atoms with van der Waals surface area (Å²) in [7, 11) is 1.52. The molecule has 0 amide bonds. The number of methoxy groups -OCH3 is 1. The van der Waals surface area contributed by atoms with Crippen LogP contribution in [0.25, 0.3) is 0 Å². The van der Waals surface area contributed by atoms with Crippen molar-refractivity contribution in [1.29, 1.82) is 0 Å². The highest BCUT2D eigenvalue weighted by Crippen LogP contribution is 2.68. The maximum Gasteiger partial charge on any atom is 0.305 e. The van der Waals surface area contributed by atoms with Gasteiger partial charge in [-0.2, -0.15) is 0 Å². The number of ether oxygens (including phenoxy) is 1. The molecule has 0 radical (unpaired) electrons. The van der Waals surface area contributed by atoms with Crippen LogP contribution in [0.15, 0.2) is 0 Å². The summed E-state index contributed by atoms with van der Waals surface area (Å²) in [5, 5.41) is 0. The molecule has 2 nitrogen and oxygen atoms in total. The number of hydrogen-bond acceptors (Lipinski definition) is 2. The molecule has 0 aromatic rings. The van der Waals surface area contributed by atoms with Gasteiger partial charge in [0, 0.05) is 6.42 Å². The Morgan fingerprint density at radius 2 is 1.74 bits per heavy atom. The first-order valence-corrected chi connectivity index (χ1v) is 12.0. The van der Waals surface area contributed by atoms with Gasteiger partial charge in [-0.1, -0.05) is 33.6 Å².